The third-order valence-corrected chi connectivity index (χ3v) is 4.08. The highest BCUT2D eigenvalue weighted by atomic mass is 19.2. The molecule has 0 aliphatic heterocycles. The lowest BCUT2D eigenvalue weighted by atomic mass is 10.1. The molecule has 0 bridgehead atoms. The molecule has 128 valence electrons. The average molecular weight is 349 g/mol. The number of pyridine rings is 1. The highest BCUT2D eigenvalue weighted by Gasteiger charge is 2.08. The number of benzene rings is 2. The first-order chi connectivity index (χ1) is 12.6. The molecule has 4 rings (SSSR count). The fourth-order valence-electron chi connectivity index (χ4n) is 2.77. The normalized spacial score (nSPS) is 11.0. The van der Waals surface area contributed by atoms with E-state index in [-0.39, 0.29) is 12.1 Å². The number of hydrogen-bond donors (Lipinski definition) is 0. The van der Waals surface area contributed by atoms with Gasteiger partial charge in [-0.25, -0.2) is 13.5 Å². The molecule has 0 saturated carbocycles. The van der Waals surface area contributed by atoms with Gasteiger partial charge >= 0.3 is 0 Å². The van der Waals surface area contributed by atoms with Crippen LogP contribution in [0.4, 0.5) is 8.78 Å². The van der Waals surface area contributed by atoms with Crippen molar-refractivity contribution in [2.24, 2.45) is 0 Å². The van der Waals surface area contributed by atoms with Crippen molar-refractivity contribution in [1.82, 2.24) is 14.8 Å². The summed E-state index contributed by atoms with van der Waals surface area (Å²) in [7, 11) is 0. The number of halogens is 2. The number of nitrogens with zero attached hydrogens (tertiary/aromatic N) is 3. The Morgan fingerprint density at radius 2 is 1.81 bits per heavy atom. The molecule has 4 aromatic rings. The molecule has 0 N–H and O–H groups in total. The van der Waals surface area contributed by atoms with Crippen molar-refractivity contribution >= 4 is 10.9 Å². The molecule has 0 fully saturated rings. The summed E-state index contributed by atoms with van der Waals surface area (Å²) >= 11 is 0. The molecule has 2 aromatic carbocycles. The molecule has 26 heavy (non-hydrogen) atoms. The molecule has 2 heterocycles. The number of hydrogen-bond acceptors (Lipinski definition) is 3. The summed E-state index contributed by atoms with van der Waals surface area (Å²) in [5.41, 5.74) is 2.28. The van der Waals surface area contributed by atoms with Gasteiger partial charge in [-0.15, -0.1) is 0 Å². The van der Waals surface area contributed by atoms with Crippen molar-refractivity contribution in [2.45, 2.75) is 6.54 Å². The van der Waals surface area contributed by atoms with Gasteiger partial charge in [0.25, 0.3) is 5.56 Å². The SMILES string of the molecule is O=c1ccc(-c2ccc(F)c(F)c2)nn1Cc1ccc2ncccc2c1. The van der Waals surface area contributed by atoms with Crippen molar-refractivity contribution in [1.29, 1.82) is 0 Å². The van der Waals surface area contributed by atoms with Crippen LogP contribution in [0.2, 0.25) is 0 Å². The van der Waals surface area contributed by atoms with Gasteiger partial charge in [0, 0.05) is 23.2 Å². The maximum atomic E-state index is 13.5. The Morgan fingerprint density at radius 1 is 0.923 bits per heavy atom. The molecule has 0 unspecified atom stereocenters. The van der Waals surface area contributed by atoms with Crippen LogP contribution in [-0.4, -0.2) is 14.8 Å². The van der Waals surface area contributed by atoms with E-state index in [9.17, 15) is 13.6 Å². The Kier molecular flexibility index (Phi) is 4.01. The van der Waals surface area contributed by atoms with Crippen LogP contribution in [0.25, 0.3) is 22.2 Å². The van der Waals surface area contributed by atoms with Crippen LogP contribution in [0.1, 0.15) is 5.56 Å². The molecule has 4 nitrogen and oxygen atoms in total. The Hall–Kier alpha value is -3.41. The van der Waals surface area contributed by atoms with Gasteiger partial charge < -0.3 is 0 Å². The lowest BCUT2D eigenvalue weighted by Gasteiger charge is -2.08. The Bertz CT molecular complexity index is 1170. The summed E-state index contributed by atoms with van der Waals surface area (Å²) in [6.45, 7) is 0.265. The number of aromatic nitrogens is 3. The van der Waals surface area contributed by atoms with Gasteiger partial charge in [-0.3, -0.25) is 9.78 Å². The number of fused-ring (bicyclic) bond motifs is 1. The first-order valence-electron chi connectivity index (χ1n) is 7.97. The fourth-order valence-corrected chi connectivity index (χ4v) is 2.77. The van der Waals surface area contributed by atoms with Gasteiger partial charge in [-0.2, -0.15) is 5.10 Å². The molecule has 2 aromatic heterocycles. The smallest absolute Gasteiger partial charge is 0.267 e. The summed E-state index contributed by atoms with van der Waals surface area (Å²) in [5, 5.41) is 5.26. The van der Waals surface area contributed by atoms with Crippen molar-refractivity contribution < 1.29 is 8.78 Å². The summed E-state index contributed by atoms with van der Waals surface area (Å²) in [4.78, 5) is 16.4. The van der Waals surface area contributed by atoms with Crippen molar-refractivity contribution in [3.05, 3.63) is 94.4 Å². The average Bonchev–Trinajstić information content (AvgIpc) is 2.66. The zero-order valence-electron chi connectivity index (χ0n) is 13.6. The van der Waals surface area contributed by atoms with E-state index in [1.54, 1.807) is 6.20 Å². The Balaban J connectivity index is 1.71. The fraction of sp³-hybridized carbons (Fsp3) is 0.0500. The van der Waals surface area contributed by atoms with Crippen LogP contribution in [0.3, 0.4) is 0 Å². The van der Waals surface area contributed by atoms with Crippen molar-refractivity contribution in [3.8, 4) is 11.3 Å². The van der Waals surface area contributed by atoms with Crippen LogP contribution in [0.15, 0.2) is 71.7 Å². The van der Waals surface area contributed by atoms with Gasteiger partial charge in [0.05, 0.1) is 17.8 Å². The third kappa shape index (κ3) is 3.09. The second kappa shape index (κ2) is 6.48. The molecule has 0 atom stereocenters. The topological polar surface area (TPSA) is 47.8 Å². The molecule has 6 heteroatoms. The molecule has 0 spiro atoms. The summed E-state index contributed by atoms with van der Waals surface area (Å²) in [6, 6.07) is 15.9. The Labute approximate surface area is 147 Å². The van der Waals surface area contributed by atoms with Crippen LogP contribution in [0, 0.1) is 11.6 Å². The predicted octanol–water partition coefficient (Wildman–Crippen LogP) is 3.79. The molecule has 0 radical (unpaired) electrons. The molecule has 0 aliphatic rings. The molecular formula is C20H13F2N3O. The largest absolute Gasteiger partial charge is 0.268 e. The maximum absolute atomic E-state index is 13.5. The third-order valence-electron chi connectivity index (χ3n) is 4.08. The zero-order chi connectivity index (χ0) is 18.1. The molecule has 0 amide bonds. The first-order valence-corrected chi connectivity index (χ1v) is 7.97. The van der Waals surface area contributed by atoms with Gasteiger partial charge in [0.15, 0.2) is 11.6 Å². The van der Waals surface area contributed by atoms with E-state index in [0.717, 1.165) is 28.6 Å². The molecule has 0 aliphatic carbocycles. The minimum atomic E-state index is -0.955. The lowest BCUT2D eigenvalue weighted by molar-refractivity contribution is 0.509. The van der Waals surface area contributed by atoms with Crippen molar-refractivity contribution in [2.75, 3.05) is 0 Å². The van der Waals surface area contributed by atoms with E-state index in [0.29, 0.717) is 11.3 Å². The molecule has 0 saturated heterocycles. The highest BCUT2D eigenvalue weighted by Crippen LogP contribution is 2.19. The van der Waals surface area contributed by atoms with Crippen LogP contribution in [-0.2, 0) is 6.54 Å². The van der Waals surface area contributed by atoms with E-state index in [4.69, 9.17) is 0 Å². The predicted molar refractivity (Wildman–Crippen MR) is 94.7 cm³/mol. The molecular weight excluding hydrogens is 336 g/mol. The zero-order valence-corrected chi connectivity index (χ0v) is 13.6. The van der Waals surface area contributed by atoms with E-state index < -0.39 is 11.6 Å². The van der Waals surface area contributed by atoms with E-state index in [1.807, 2.05) is 30.3 Å². The van der Waals surface area contributed by atoms with Gasteiger partial charge in [-0.05, 0) is 48.0 Å². The summed E-state index contributed by atoms with van der Waals surface area (Å²) in [6.07, 6.45) is 1.72. The van der Waals surface area contributed by atoms with Gasteiger partial charge in [0.1, 0.15) is 0 Å². The van der Waals surface area contributed by atoms with E-state index in [1.165, 1.54) is 22.9 Å². The van der Waals surface area contributed by atoms with Gasteiger partial charge in [0.2, 0.25) is 0 Å². The maximum Gasteiger partial charge on any atom is 0.267 e. The lowest BCUT2D eigenvalue weighted by Crippen LogP contribution is -2.22. The van der Waals surface area contributed by atoms with E-state index >= 15 is 0 Å². The monoisotopic (exact) mass is 349 g/mol. The summed E-state index contributed by atoms with van der Waals surface area (Å²) in [5.74, 6) is -1.88. The Morgan fingerprint density at radius 3 is 2.65 bits per heavy atom. The first kappa shape index (κ1) is 16.1. The van der Waals surface area contributed by atoms with Crippen LogP contribution < -0.4 is 5.56 Å². The standard InChI is InChI=1S/C20H13F2N3O/c21-16-5-4-15(11-17(16)22)19-7-8-20(26)25(24-19)12-13-3-6-18-14(10-13)2-1-9-23-18/h1-11H,12H2. The second-order valence-electron chi connectivity index (χ2n) is 5.87. The van der Waals surface area contributed by atoms with Crippen molar-refractivity contribution in [3.63, 3.8) is 0 Å². The minimum Gasteiger partial charge on any atom is -0.268 e. The minimum absolute atomic E-state index is 0.265. The highest BCUT2D eigenvalue weighted by molar-refractivity contribution is 5.78. The summed E-state index contributed by atoms with van der Waals surface area (Å²) < 4.78 is 27.9. The van der Waals surface area contributed by atoms with E-state index in [2.05, 4.69) is 10.1 Å². The van der Waals surface area contributed by atoms with Crippen LogP contribution >= 0.6 is 0 Å². The quantitative estimate of drug-likeness (QED) is 0.565. The van der Waals surface area contributed by atoms with Gasteiger partial charge in [-0.1, -0.05) is 12.1 Å². The second-order valence-corrected chi connectivity index (χ2v) is 5.87. The number of rotatable bonds is 3. The van der Waals surface area contributed by atoms with Crippen LogP contribution in [0.5, 0.6) is 0 Å².